The van der Waals surface area contributed by atoms with Gasteiger partial charge in [0, 0.05) is 10.6 Å². The average Bonchev–Trinajstić information content (AvgIpc) is 3.08. The first-order valence-electron chi connectivity index (χ1n) is 8.68. The van der Waals surface area contributed by atoms with E-state index in [1.54, 1.807) is 4.52 Å². The Hall–Kier alpha value is -1.63. The molecule has 0 aliphatic carbocycles. The summed E-state index contributed by atoms with van der Waals surface area (Å²) < 4.78 is 1.55. The molecule has 25 heavy (non-hydrogen) atoms. The zero-order valence-electron chi connectivity index (χ0n) is 14.4. The van der Waals surface area contributed by atoms with Gasteiger partial charge in [-0.1, -0.05) is 42.0 Å². The van der Waals surface area contributed by atoms with Gasteiger partial charge in [0.1, 0.15) is 10.7 Å². The smallest absolute Gasteiger partial charge is 0.235 e. The number of hydrogen-bond donors (Lipinski definition) is 2. The normalized spacial score (nSPS) is 22.4. The predicted octanol–water partition coefficient (Wildman–Crippen LogP) is 2.86. The van der Waals surface area contributed by atoms with Crippen LogP contribution in [0.1, 0.15) is 42.1 Å². The van der Waals surface area contributed by atoms with E-state index in [1.807, 2.05) is 25.1 Å². The lowest BCUT2D eigenvalue weighted by atomic mass is 9.95. The van der Waals surface area contributed by atoms with Crippen LogP contribution in [0, 0.1) is 12.8 Å². The number of benzene rings is 1. The predicted molar refractivity (Wildman–Crippen MR) is 99.7 cm³/mol. The Bertz CT molecular complexity index is 898. The van der Waals surface area contributed by atoms with Crippen LogP contribution in [-0.2, 0) is 0 Å². The molecule has 0 unspecified atom stereocenters. The van der Waals surface area contributed by atoms with Crippen LogP contribution in [-0.4, -0.2) is 32.8 Å². The molecule has 1 aliphatic heterocycles. The van der Waals surface area contributed by atoms with Crippen molar-refractivity contribution >= 4 is 27.9 Å². The summed E-state index contributed by atoms with van der Waals surface area (Å²) in [5, 5.41) is 15.9. The summed E-state index contributed by atoms with van der Waals surface area (Å²) >= 11 is 7.78. The average molecular weight is 378 g/mol. The zero-order valence-corrected chi connectivity index (χ0v) is 15.9. The van der Waals surface area contributed by atoms with Gasteiger partial charge in [-0.3, -0.25) is 0 Å². The standard InChI is InChI=1S/C18H21ClN4OS/c1-11-6-8-22(9-7-11)15(13-4-3-5-14(19)10-13)16-17(24)23-18(25-16)20-12(2)21-23/h3-5,10-11,15,24H,6-9H2,1-2H3/p+1/t15-/m0/s1. The highest BCUT2D eigenvalue weighted by Crippen LogP contribution is 2.35. The summed E-state index contributed by atoms with van der Waals surface area (Å²) in [7, 11) is 0. The van der Waals surface area contributed by atoms with E-state index < -0.39 is 0 Å². The molecule has 0 bridgehead atoms. The van der Waals surface area contributed by atoms with Gasteiger partial charge in [-0.15, -0.1) is 5.10 Å². The molecule has 0 saturated carbocycles. The number of aromatic hydroxyl groups is 1. The monoisotopic (exact) mass is 377 g/mol. The quantitative estimate of drug-likeness (QED) is 0.738. The van der Waals surface area contributed by atoms with E-state index in [1.165, 1.54) is 29.1 Å². The number of nitrogens with one attached hydrogen (secondary N) is 1. The number of rotatable bonds is 3. The number of aromatic nitrogens is 3. The van der Waals surface area contributed by atoms with Crippen molar-refractivity contribution in [1.82, 2.24) is 14.6 Å². The summed E-state index contributed by atoms with van der Waals surface area (Å²) in [4.78, 5) is 7.55. The fourth-order valence-corrected chi connectivity index (χ4v) is 5.10. The van der Waals surface area contributed by atoms with Crippen LogP contribution >= 0.6 is 22.9 Å². The van der Waals surface area contributed by atoms with Crippen molar-refractivity contribution < 1.29 is 10.0 Å². The Balaban J connectivity index is 1.81. The van der Waals surface area contributed by atoms with E-state index in [-0.39, 0.29) is 11.9 Å². The molecule has 0 spiro atoms. The summed E-state index contributed by atoms with van der Waals surface area (Å²) in [6.07, 6.45) is 2.40. The number of quaternary nitrogens is 1. The van der Waals surface area contributed by atoms with E-state index >= 15 is 0 Å². The third kappa shape index (κ3) is 3.14. The van der Waals surface area contributed by atoms with E-state index in [2.05, 4.69) is 23.1 Å². The minimum Gasteiger partial charge on any atom is -0.492 e. The second kappa shape index (κ2) is 6.59. The number of aryl methyl sites for hydroxylation is 1. The Kier molecular flexibility index (Phi) is 4.43. The van der Waals surface area contributed by atoms with E-state index in [9.17, 15) is 5.11 Å². The summed E-state index contributed by atoms with van der Waals surface area (Å²) in [6, 6.07) is 8.04. The Morgan fingerprint density at radius 1 is 1.36 bits per heavy atom. The van der Waals surface area contributed by atoms with E-state index in [4.69, 9.17) is 11.6 Å². The Morgan fingerprint density at radius 2 is 2.12 bits per heavy atom. The zero-order chi connectivity index (χ0) is 17.6. The van der Waals surface area contributed by atoms with Gasteiger partial charge >= 0.3 is 0 Å². The highest BCUT2D eigenvalue weighted by atomic mass is 35.5. The number of hydrogen-bond acceptors (Lipinski definition) is 4. The molecule has 4 rings (SSSR count). The molecule has 2 aromatic heterocycles. The molecule has 2 N–H and O–H groups in total. The summed E-state index contributed by atoms with van der Waals surface area (Å²) in [6.45, 7) is 6.33. The first-order chi connectivity index (χ1) is 12.0. The Labute approximate surface area is 155 Å². The van der Waals surface area contributed by atoms with Crippen LogP contribution in [0.5, 0.6) is 5.88 Å². The molecule has 0 amide bonds. The maximum Gasteiger partial charge on any atom is 0.235 e. The second-order valence-electron chi connectivity index (χ2n) is 6.97. The summed E-state index contributed by atoms with van der Waals surface area (Å²) in [5.41, 5.74) is 1.13. The molecule has 1 aromatic carbocycles. The van der Waals surface area contributed by atoms with Crippen molar-refractivity contribution in [3.63, 3.8) is 0 Å². The number of piperidine rings is 1. The lowest BCUT2D eigenvalue weighted by molar-refractivity contribution is -0.931. The maximum absolute atomic E-state index is 10.8. The van der Waals surface area contributed by atoms with Crippen LogP contribution in [0.2, 0.25) is 5.02 Å². The first kappa shape index (κ1) is 16.8. The van der Waals surface area contributed by atoms with Crippen molar-refractivity contribution in [3.8, 4) is 5.88 Å². The van der Waals surface area contributed by atoms with Crippen LogP contribution in [0.4, 0.5) is 0 Å². The molecule has 7 heteroatoms. The molecular formula is C18H22ClN4OS+. The molecule has 3 heterocycles. The molecule has 0 radical (unpaired) electrons. The number of nitrogens with zero attached hydrogens (tertiary/aromatic N) is 3. The van der Waals surface area contributed by atoms with Gasteiger partial charge in [0.15, 0.2) is 6.04 Å². The molecule has 132 valence electrons. The van der Waals surface area contributed by atoms with Crippen molar-refractivity contribution in [1.29, 1.82) is 0 Å². The minimum absolute atomic E-state index is 0.0556. The van der Waals surface area contributed by atoms with Crippen molar-refractivity contribution in [3.05, 3.63) is 45.6 Å². The van der Waals surface area contributed by atoms with Gasteiger partial charge in [0.05, 0.1) is 13.1 Å². The van der Waals surface area contributed by atoms with Crippen molar-refractivity contribution in [2.45, 2.75) is 32.7 Å². The van der Waals surface area contributed by atoms with Crippen LogP contribution in [0.25, 0.3) is 4.96 Å². The molecule has 5 nitrogen and oxygen atoms in total. The third-order valence-electron chi connectivity index (χ3n) is 5.07. The number of fused-ring (bicyclic) bond motifs is 1. The molecule has 3 aromatic rings. The van der Waals surface area contributed by atoms with Crippen molar-refractivity contribution in [2.24, 2.45) is 5.92 Å². The summed E-state index contributed by atoms with van der Waals surface area (Å²) in [5.74, 6) is 1.64. The fourth-order valence-electron chi connectivity index (χ4n) is 3.72. The van der Waals surface area contributed by atoms with E-state index in [0.29, 0.717) is 5.82 Å². The Morgan fingerprint density at radius 3 is 2.80 bits per heavy atom. The topological polar surface area (TPSA) is 54.9 Å². The largest absolute Gasteiger partial charge is 0.492 e. The highest BCUT2D eigenvalue weighted by molar-refractivity contribution is 7.17. The maximum atomic E-state index is 10.8. The molecule has 1 saturated heterocycles. The third-order valence-corrected chi connectivity index (χ3v) is 6.39. The van der Waals surface area contributed by atoms with Gasteiger partial charge in [0.25, 0.3) is 0 Å². The van der Waals surface area contributed by atoms with Gasteiger partial charge in [0.2, 0.25) is 10.8 Å². The van der Waals surface area contributed by atoms with Crippen LogP contribution < -0.4 is 4.90 Å². The van der Waals surface area contributed by atoms with Gasteiger partial charge < -0.3 is 10.0 Å². The van der Waals surface area contributed by atoms with Crippen molar-refractivity contribution in [2.75, 3.05) is 13.1 Å². The molecule has 1 fully saturated rings. The van der Waals surface area contributed by atoms with Crippen LogP contribution in [0.15, 0.2) is 24.3 Å². The lowest BCUT2D eigenvalue weighted by Gasteiger charge is -2.33. The van der Waals surface area contributed by atoms with Gasteiger partial charge in [-0.05, 0) is 37.8 Å². The lowest BCUT2D eigenvalue weighted by Crippen LogP contribution is -3.13. The van der Waals surface area contributed by atoms with E-state index in [0.717, 1.165) is 39.4 Å². The number of halogens is 1. The fraction of sp³-hybridized carbons (Fsp3) is 0.444. The molecular weight excluding hydrogens is 356 g/mol. The first-order valence-corrected chi connectivity index (χ1v) is 9.87. The second-order valence-corrected chi connectivity index (χ2v) is 8.42. The number of thiazole rings is 1. The number of likely N-dealkylation sites (tertiary alicyclic amines) is 1. The molecule has 1 aliphatic rings. The SMILES string of the molecule is Cc1nc2sc([C@H](c3cccc(Cl)c3)[NH+]3CCC(C)CC3)c(O)n2n1. The highest BCUT2D eigenvalue weighted by Gasteiger charge is 2.34. The van der Waals surface area contributed by atoms with Gasteiger partial charge in [-0.25, -0.2) is 4.98 Å². The van der Waals surface area contributed by atoms with Gasteiger partial charge in [-0.2, -0.15) is 4.52 Å². The van der Waals surface area contributed by atoms with Crippen LogP contribution in [0.3, 0.4) is 0 Å². The molecule has 1 atom stereocenters. The minimum atomic E-state index is 0.0556.